The lowest BCUT2D eigenvalue weighted by molar-refractivity contribution is 0.582. The molecule has 0 bridgehead atoms. The number of aromatic nitrogens is 2. The molecule has 0 N–H and O–H groups in total. The molecule has 0 unspecified atom stereocenters. The Labute approximate surface area is 138 Å². The van der Waals surface area contributed by atoms with Crippen LogP contribution >= 0.6 is 15.9 Å². The first-order valence-electron chi connectivity index (χ1n) is 6.78. The molecule has 0 saturated heterocycles. The van der Waals surface area contributed by atoms with Crippen LogP contribution in [0.1, 0.15) is 16.7 Å². The van der Waals surface area contributed by atoms with Crippen molar-refractivity contribution >= 4 is 36.9 Å². The van der Waals surface area contributed by atoms with Gasteiger partial charge in [0.05, 0.1) is 16.6 Å². The molecule has 1 heterocycles. The minimum absolute atomic E-state index is 0.234. The molecule has 0 spiro atoms. The molecule has 22 heavy (non-hydrogen) atoms. The topological polar surface area (TPSA) is 52.0 Å². The summed E-state index contributed by atoms with van der Waals surface area (Å²) in [7, 11) is -3.70. The number of hydrogen-bond donors (Lipinski definition) is 0. The zero-order chi connectivity index (χ0) is 16.1. The molecule has 3 rings (SSSR count). The van der Waals surface area contributed by atoms with Gasteiger partial charge in [0.25, 0.3) is 10.0 Å². The minimum atomic E-state index is -3.70. The van der Waals surface area contributed by atoms with Crippen LogP contribution < -0.4 is 0 Å². The van der Waals surface area contributed by atoms with Gasteiger partial charge in [0, 0.05) is 9.86 Å². The summed E-state index contributed by atoms with van der Waals surface area (Å²) in [5, 5.41) is 4.90. The van der Waals surface area contributed by atoms with Crippen molar-refractivity contribution in [2.24, 2.45) is 0 Å². The summed E-state index contributed by atoms with van der Waals surface area (Å²) in [5.41, 5.74) is 3.69. The van der Waals surface area contributed by atoms with Gasteiger partial charge in [-0.25, -0.2) is 0 Å². The highest BCUT2D eigenvalue weighted by atomic mass is 79.9. The van der Waals surface area contributed by atoms with E-state index in [1.807, 2.05) is 26.8 Å². The average molecular weight is 379 g/mol. The molecule has 4 nitrogen and oxygen atoms in total. The molecule has 3 aromatic rings. The van der Waals surface area contributed by atoms with Crippen LogP contribution in [0.4, 0.5) is 0 Å². The molecule has 114 valence electrons. The number of rotatable bonds is 2. The highest BCUT2D eigenvalue weighted by Gasteiger charge is 2.21. The Morgan fingerprint density at radius 3 is 2.36 bits per heavy atom. The normalized spacial score (nSPS) is 12.0. The van der Waals surface area contributed by atoms with Crippen LogP contribution in [0.3, 0.4) is 0 Å². The molecule has 0 amide bonds. The summed E-state index contributed by atoms with van der Waals surface area (Å²) in [6, 6.07) is 8.63. The van der Waals surface area contributed by atoms with Gasteiger partial charge in [-0.1, -0.05) is 17.7 Å². The summed E-state index contributed by atoms with van der Waals surface area (Å²) in [5.74, 6) is 0. The second-order valence-corrected chi connectivity index (χ2v) is 7.93. The van der Waals surface area contributed by atoms with E-state index in [-0.39, 0.29) is 4.90 Å². The predicted molar refractivity (Wildman–Crippen MR) is 90.7 cm³/mol. The van der Waals surface area contributed by atoms with Crippen molar-refractivity contribution in [1.82, 2.24) is 9.19 Å². The van der Waals surface area contributed by atoms with E-state index >= 15 is 0 Å². The highest BCUT2D eigenvalue weighted by molar-refractivity contribution is 9.10. The Balaban J connectivity index is 2.28. The largest absolute Gasteiger partial charge is 0.283 e. The zero-order valence-corrected chi connectivity index (χ0v) is 14.9. The maximum Gasteiger partial charge on any atom is 0.283 e. The van der Waals surface area contributed by atoms with Gasteiger partial charge in [-0.3, -0.25) is 0 Å². The van der Waals surface area contributed by atoms with Crippen molar-refractivity contribution in [2.75, 3.05) is 0 Å². The molecular formula is C16H15BrN2O2S. The summed E-state index contributed by atoms with van der Waals surface area (Å²) < 4.78 is 27.6. The van der Waals surface area contributed by atoms with Crippen molar-refractivity contribution in [1.29, 1.82) is 0 Å². The smallest absolute Gasteiger partial charge is 0.199 e. The number of aryl methyl sites for hydroxylation is 2. The Hall–Kier alpha value is -1.66. The molecule has 2 aromatic carbocycles. The third kappa shape index (κ3) is 2.27. The number of fused-ring (bicyclic) bond motifs is 1. The van der Waals surface area contributed by atoms with Gasteiger partial charge in [-0.2, -0.15) is 17.6 Å². The van der Waals surface area contributed by atoms with Crippen LogP contribution in [0.2, 0.25) is 0 Å². The molecule has 0 aliphatic heterocycles. The van der Waals surface area contributed by atoms with Crippen LogP contribution in [0, 0.1) is 20.8 Å². The molecule has 0 saturated carbocycles. The van der Waals surface area contributed by atoms with E-state index in [0.717, 1.165) is 30.6 Å². The van der Waals surface area contributed by atoms with Gasteiger partial charge >= 0.3 is 0 Å². The van der Waals surface area contributed by atoms with Crippen LogP contribution in [0.25, 0.3) is 10.9 Å². The molecule has 0 aliphatic rings. The quantitative estimate of drug-likeness (QED) is 0.677. The van der Waals surface area contributed by atoms with E-state index in [1.165, 1.54) is 0 Å². The van der Waals surface area contributed by atoms with Crippen molar-refractivity contribution in [3.63, 3.8) is 0 Å². The Morgan fingerprint density at radius 2 is 1.73 bits per heavy atom. The Bertz CT molecular complexity index is 974. The molecule has 0 fully saturated rings. The fourth-order valence-electron chi connectivity index (χ4n) is 2.33. The van der Waals surface area contributed by atoms with E-state index in [9.17, 15) is 8.42 Å². The van der Waals surface area contributed by atoms with Crippen molar-refractivity contribution in [2.45, 2.75) is 25.7 Å². The second-order valence-electron chi connectivity index (χ2n) is 5.37. The molecule has 0 aliphatic carbocycles. The van der Waals surface area contributed by atoms with E-state index in [1.54, 1.807) is 30.5 Å². The van der Waals surface area contributed by atoms with Crippen LogP contribution in [0.15, 0.2) is 45.9 Å². The molecule has 6 heteroatoms. The van der Waals surface area contributed by atoms with Crippen LogP contribution in [0.5, 0.6) is 0 Å². The lowest BCUT2D eigenvalue weighted by Crippen LogP contribution is -2.14. The van der Waals surface area contributed by atoms with Gasteiger partial charge in [-0.05, 0) is 66.0 Å². The maximum absolute atomic E-state index is 12.8. The van der Waals surface area contributed by atoms with Gasteiger partial charge in [0.2, 0.25) is 0 Å². The Morgan fingerprint density at radius 1 is 1.09 bits per heavy atom. The standard InChI is InChI=1S/C16H15BrN2O2S/c1-10-4-6-13(7-5-10)22(20,21)19-15-8-11(2)12(3)16(17)14(15)9-18-19/h4-9H,1-3H3. The van der Waals surface area contributed by atoms with Crippen molar-refractivity contribution in [3.8, 4) is 0 Å². The van der Waals surface area contributed by atoms with Gasteiger partial charge in [0.15, 0.2) is 0 Å². The molecular weight excluding hydrogens is 364 g/mol. The summed E-state index contributed by atoms with van der Waals surface area (Å²) >= 11 is 3.53. The first-order valence-corrected chi connectivity index (χ1v) is 9.01. The fraction of sp³-hybridized carbons (Fsp3) is 0.188. The minimum Gasteiger partial charge on any atom is -0.199 e. The molecule has 0 atom stereocenters. The summed E-state index contributed by atoms with van der Waals surface area (Å²) in [4.78, 5) is 0.234. The average Bonchev–Trinajstić information content (AvgIpc) is 2.90. The number of halogens is 1. The summed E-state index contributed by atoms with van der Waals surface area (Å²) in [6.07, 6.45) is 1.58. The van der Waals surface area contributed by atoms with Gasteiger partial charge in [0.1, 0.15) is 0 Å². The van der Waals surface area contributed by atoms with Gasteiger partial charge < -0.3 is 0 Å². The lowest BCUT2D eigenvalue weighted by Gasteiger charge is -2.09. The summed E-state index contributed by atoms with van der Waals surface area (Å²) in [6.45, 7) is 5.86. The zero-order valence-electron chi connectivity index (χ0n) is 12.5. The van der Waals surface area contributed by atoms with E-state index < -0.39 is 10.0 Å². The molecule has 0 radical (unpaired) electrons. The monoisotopic (exact) mass is 378 g/mol. The number of hydrogen-bond acceptors (Lipinski definition) is 3. The first-order chi connectivity index (χ1) is 10.3. The lowest BCUT2D eigenvalue weighted by atomic mass is 10.1. The SMILES string of the molecule is Cc1ccc(S(=O)(=O)n2ncc3c(Br)c(C)c(C)cc32)cc1. The van der Waals surface area contributed by atoms with Crippen LogP contribution in [-0.2, 0) is 10.0 Å². The van der Waals surface area contributed by atoms with E-state index in [4.69, 9.17) is 0 Å². The van der Waals surface area contributed by atoms with Crippen LogP contribution in [-0.4, -0.2) is 17.6 Å². The fourth-order valence-corrected chi connectivity index (χ4v) is 4.21. The van der Waals surface area contributed by atoms with E-state index in [0.29, 0.717) is 5.52 Å². The Kier molecular flexibility index (Phi) is 3.61. The van der Waals surface area contributed by atoms with E-state index in [2.05, 4.69) is 21.0 Å². The maximum atomic E-state index is 12.8. The second kappa shape index (κ2) is 5.21. The third-order valence-corrected chi connectivity index (χ3v) is 6.47. The molecule has 1 aromatic heterocycles. The highest BCUT2D eigenvalue weighted by Crippen LogP contribution is 2.31. The number of benzene rings is 2. The third-order valence-electron chi connectivity index (χ3n) is 3.83. The predicted octanol–water partition coefficient (Wildman–Crippen LogP) is 3.96. The van der Waals surface area contributed by atoms with Crippen molar-refractivity contribution in [3.05, 3.63) is 57.7 Å². The first kappa shape index (κ1) is 15.2. The number of nitrogens with zero attached hydrogens (tertiary/aromatic N) is 2. The van der Waals surface area contributed by atoms with Gasteiger partial charge in [-0.15, -0.1) is 0 Å². The van der Waals surface area contributed by atoms with Crippen molar-refractivity contribution < 1.29 is 8.42 Å².